The van der Waals surface area contributed by atoms with Gasteiger partial charge >= 0.3 is 0 Å². The van der Waals surface area contributed by atoms with Crippen LogP contribution in [-0.2, 0) is 9.59 Å². The van der Waals surface area contributed by atoms with Gasteiger partial charge in [-0.3, -0.25) is 14.4 Å². The van der Waals surface area contributed by atoms with Crippen molar-refractivity contribution < 1.29 is 18.8 Å². The average molecular weight is 636 g/mol. The molecule has 0 saturated carbocycles. The molecule has 6 nitrogen and oxygen atoms in total. The van der Waals surface area contributed by atoms with E-state index in [9.17, 15) is 18.8 Å². The van der Waals surface area contributed by atoms with Crippen LogP contribution in [-0.4, -0.2) is 17.7 Å². The number of carbonyl (C=O) groups is 3. The van der Waals surface area contributed by atoms with Gasteiger partial charge in [0.1, 0.15) is 16.8 Å². The Bertz CT molecular complexity index is 1850. The summed E-state index contributed by atoms with van der Waals surface area (Å²) in [6, 6.07) is 37.6. The van der Waals surface area contributed by atoms with Crippen molar-refractivity contribution in [1.29, 1.82) is 0 Å². The molecule has 0 bridgehead atoms. The van der Waals surface area contributed by atoms with E-state index >= 15 is 0 Å². The number of carbonyl (C=O) groups excluding carboxylic acids is 3. The van der Waals surface area contributed by atoms with Gasteiger partial charge < -0.3 is 16.0 Å². The van der Waals surface area contributed by atoms with E-state index in [-0.39, 0.29) is 17.2 Å². The van der Waals surface area contributed by atoms with E-state index in [1.165, 1.54) is 36.0 Å². The van der Waals surface area contributed by atoms with Crippen LogP contribution in [0.5, 0.6) is 0 Å². The lowest BCUT2D eigenvalue weighted by Gasteiger charge is -2.18. The van der Waals surface area contributed by atoms with Crippen molar-refractivity contribution in [1.82, 2.24) is 5.32 Å². The van der Waals surface area contributed by atoms with Gasteiger partial charge in [0.2, 0.25) is 5.91 Å². The Hall–Kier alpha value is -5.18. The third-order valence-electron chi connectivity index (χ3n) is 6.55. The molecule has 0 heterocycles. The lowest BCUT2D eigenvalue weighted by atomic mass is 10.1. The summed E-state index contributed by atoms with van der Waals surface area (Å²) in [7, 11) is 0. The van der Waals surface area contributed by atoms with Crippen LogP contribution in [0.4, 0.5) is 15.8 Å². The fraction of sp³-hybridized carbons (Fsp3) is 0.0278. The van der Waals surface area contributed by atoms with Crippen molar-refractivity contribution >= 4 is 58.5 Å². The fourth-order valence-corrected chi connectivity index (χ4v) is 5.60. The Kier molecular flexibility index (Phi) is 10.4. The first kappa shape index (κ1) is 31.3. The molecule has 0 aliphatic carbocycles. The third-order valence-corrected chi connectivity index (χ3v) is 8.13. The zero-order chi connectivity index (χ0) is 31.6. The number of thioether (sulfide) groups is 1. The first-order valence-electron chi connectivity index (χ1n) is 13.9. The van der Waals surface area contributed by atoms with E-state index in [0.29, 0.717) is 26.9 Å². The van der Waals surface area contributed by atoms with Crippen LogP contribution in [0.2, 0.25) is 5.02 Å². The van der Waals surface area contributed by atoms with Gasteiger partial charge in [-0.2, -0.15) is 0 Å². The summed E-state index contributed by atoms with van der Waals surface area (Å²) in [5.41, 5.74) is 2.02. The van der Waals surface area contributed by atoms with Crippen LogP contribution in [0.15, 0.2) is 144 Å². The number of nitrogens with one attached hydrogen (secondary N) is 3. The zero-order valence-corrected chi connectivity index (χ0v) is 25.3. The van der Waals surface area contributed by atoms with E-state index in [0.717, 1.165) is 5.56 Å². The smallest absolute Gasteiger partial charge is 0.272 e. The van der Waals surface area contributed by atoms with Gasteiger partial charge in [0.05, 0.1) is 10.7 Å². The molecule has 5 aromatic rings. The van der Waals surface area contributed by atoms with E-state index < -0.39 is 22.9 Å². The van der Waals surface area contributed by atoms with Gasteiger partial charge in [-0.25, -0.2) is 4.39 Å². The second-order valence-electron chi connectivity index (χ2n) is 9.76. The largest absolute Gasteiger partial charge is 0.323 e. The Morgan fingerprint density at radius 3 is 2.13 bits per heavy atom. The summed E-state index contributed by atoms with van der Waals surface area (Å²) in [5, 5.41) is 8.10. The molecule has 0 aromatic heterocycles. The summed E-state index contributed by atoms with van der Waals surface area (Å²) in [4.78, 5) is 40.6. The van der Waals surface area contributed by atoms with Crippen LogP contribution in [0.25, 0.3) is 6.08 Å². The first-order chi connectivity index (χ1) is 21.9. The molecular weight excluding hydrogens is 609 g/mol. The topological polar surface area (TPSA) is 87.3 Å². The molecule has 0 aliphatic heterocycles. The van der Waals surface area contributed by atoms with Crippen molar-refractivity contribution in [3.63, 3.8) is 0 Å². The molecule has 5 rings (SSSR count). The molecule has 0 spiro atoms. The summed E-state index contributed by atoms with van der Waals surface area (Å²) in [6.45, 7) is 0. The lowest BCUT2D eigenvalue weighted by Crippen LogP contribution is -2.30. The maximum atomic E-state index is 14.5. The van der Waals surface area contributed by atoms with Gasteiger partial charge in [-0.15, -0.1) is 11.8 Å². The van der Waals surface area contributed by atoms with E-state index in [1.54, 1.807) is 78.9 Å². The molecule has 45 heavy (non-hydrogen) atoms. The highest BCUT2D eigenvalue weighted by Gasteiger charge is 2.23. The molecule has 1 unspecified atom stereocenters. The molecule has 0 radical (unpaired) electrons. The van der Waals surface area contributed by atoms with E-state index in [4.69, 9.17) is 11.6 Å². The molecule has 0 saturated heterocycles. The molecular formula is C36H27ClFN3O3S. The Morgan fingerprint density at radius 2 is 1.40 bits per heavy atom. The molecule has 0 fully saturated rings. The number of halogens is 2. The van der Waals surface area contributed by atoms with Crippen molar-refractivity contribution in [2.24, 2.45) is 0 Å². The highest BCUT2D eigenvalue weighted by molar-refractivity contribution is 8.00. The number of amides is 3. The number of hydrogen-bond acceptors (Lipinski definition) is 4. The lowest BCUT2D eigenvalue weighted by molar-refractivity contribution is -0.116. The van der Waals surface area contributed by atoms with Crippen LogP contribution in [0, 0.1) is 5.82 Å². The van der Waals surface area contributed by atoms with Crippen LogP contribution in [0.1, 0.15) is 26.7 Å². The number of anilines is 2. The maximum absolute atomic E-state index is 14.5. The van der Waals surface area contributed by atoms with Gasteiger partial charge in [0.25, 0.3) is 11.8 Å². The van der Waals surface area contributed by atoms with Gasteiger partial charge in [0.15, 0.2) is 0 Å². The van der Waals surface area contributed by atoms with Crippen molar-refractivity contribution in [3.8, 4) is 0 Å². The van der Waals surface area contributed by atoms with E-state index in [1.807, 2.05) is 36.4 Å². The predicted molar refractivity (Wildman–Crippen MR) is 178 cm³/mol. The van der Waals surface area contributed by atoms with Gasteiger partial charge in [0, 0.05) is 21.7 Å². The number of para-hydroxylation sites is 1. The second-order valence-corrected chi connectivity index (χ2v) is 11.3. The number of hydrogen-bond donors (Lipinski definition) is 3. The van der Waals surface area contributed by atoms with Crippen molar-refractivity contribution in [3.05, 3.63) is 167 Å². The fourth-order valence-electron chi connectivity index (χ4n) is 4.33. The van der Waals surface area contributed by atoms with Crippen molar-refractivity contribution in [2.75, 3.05) is 10.6 Å². The predicted octanol–water partition coefficient (Wildman–Crippen LogP) is 8.36. The molecule has 3 N–H and O–H groups in total. The standard InChI is InChI=1S/C36H27ClFN3O3S/c37-29-19-8-10-21-31(29)40-36(44)33(24-12-3-1-4-13-24)45-28-18-11-17-27(23-28)39-35(43)32(22-26-16-7-9-20-30(26)38)41-34(42)25-14-5-2-6-15-25/h1-23,33H,(H,39,43)(H,40,44)(H,41,42)/b32-22-. The summed E-state index contributed by atoms with van der Waals surface area (Å²) >= 11 is 7.58. The molecule has 0 aliphatic rings. The summed E-state index contributed by atoms with van der Waals surface area (Å²) in [6.07, 6.45) is 1.29. The van der Waals surface area contributed by atoms with E-state index in [2.05, 4.69) is 16.0 Å². The molecule has 5 aromatic carbocycles. The van der Waals surface area contributed by atoms with Gasteiger partial charge in [-0.05, 0) is 60.2 Å². The minimum Gasteiger partial charge on any atom is -0.323 e. The Labute approximate surface area is 269 Å². The molecule has 3 amide bonds. The SMILES string of the molecule is O=C(Nc1cccc(SC(C(=O)Nc2ccccc2Cl)c2ccccc2)c1)/C(=C/c1ccccc1F)NC(=O)c1ccccc1. The highest BCUT2D eigenvalue weighted by atomic mass is 35.5. The minimum absolute atomic E-state index is 0.135. The van der Waals surface area contributed by atoms with Crippen LogP contribution in [0.3, 0.4) is 0 Å². The maximum Gasteiger partial charge on any atom is 0.272 e. The Balaban J connectivity index is 1.38. The third kappa shape index (κ3) is 8.47. The normalized spacial score (nSPS) is 11.7. The van der Waals surface area contributed by atoms with Crippen molar-refractivity contribution in [2.45, 2.75) is 10.1 Å². The summed E-state index contributed by atoms with van der Waals surface area (Å²) < 4.78 is 14.5. The minimum atomic E-state index is -0.652. The monoisotopic (exact) mass is 635 g/mol. The molecule has 9 heteroatoms. The quantitative estimate of drug-likeness (QED) is 0.106. The van der Waals surface area contributed by atoms with Crippen LogP contribution >= 0.6 is 23.4 Å². The van der Waals surface area contributed by atoms with Gasteiger partial charge in [-0.1, -0.05) is 96.5 Å². The van der Waals surface area contributed by atoms with Crippen LogP contribution < -0.4 is 16.0 Å². The molecule has 224 valence electrons. The highest BCUT2D eigenvalue weighted by Crippen LogP contribution is 2.37. The Morgan fingerprint density at radius 1 is 0.733 bits per heavy atom. The summed E-state index contributed by atoms with van der Waals surface area (Å²) in [5.74, 6) is -1.99. The zero-order valence-electron chi connectivity index (χ0n) is 23.7. The number of benzene rings is 5. The average Bonchev–Trinajstić information content (AvgIpc) is 3.06. The first-order valence-corrected chi connectivity index (χ1v) is 15.1. The number of rotatable bonds is 10. The second kappa shape index (κ2) is 15.0. The molecule has 1 atom stereocenters.